The summed E-state index contributed by atoms with van der Waals surface area (Å²) in [6.45, 7) is -0.537. The van der Waals surface area contributed by atoms with E-state index in [1.54, 1.807) is 0 Å². The smallest absolute Gasteiger partial charge is 0.256 e. The van der Waals surface area contributed by atoms with E-state index < -0.39 is 36.8 Å². The average molecular weight is 245 g/mol. The fourth-order valence-corrected chi connectivity index (χ4v) is 1.77. The third-order valence-corrected chi connectivity index (χ3v) is 2.68. The summed E-state index contributed by atoms with van der Waals surface area (Å²) in [5.74, 6) is -0.237. The molecule has 0 saturated carbocycles. The van der Waals surface area contributed by atoms with E-state index in [1.165, 1.54) is 12.3 Å². The molecule has 7 heteroatoms. The minimum atomic E-state index is -1.81. The Kier molecular flexibility index (Phi) is 3.14. The summed E-state index contributed by atoms with van der Waals surface area (Å²) >= 11 is 0. The Morgan fingerprint density at radius 1 is 1.53 bits per heavy atom. The number of nitrogens with zero attached hydrogens (tertiary/aromatic N) is 1. The number of alkyl halides is 1. The highest BCUT2D eigenvalue weighted by atomic mass is 19.1. The van der Waals surface area contributed by atoms with E-state index in [-0.39, 0.29) is 5.75 Å². The molecule has 0 bridgehead atoms. The summed E-state index contributed by atoms with van der Waals surface area (Å²) in [5.41, 5.74) is -0.650. The normalized spacial score (nSPS) is 32.9. The van der Waals surface area contributed by atoms with Gasteiger partial charge >= 0.3 is 0 Å². The molecule has 2 rings (SSSR count). The Bertz CT molecular complexity index is 462. The molecular weight excluding hydrogens is 233 g/mol. The van der Waals surface area contributed by atoms with Crippen molar-refractivity contribution in [3.8, 4) is 5.75 Å². The summed E-state index contributed by atoms with van der Waals surface area (Å²) in [6, 6.07) is 2.12. The SMILES string of the molecule is O=c1cc(O)ccn1[C@@H]1O[C@H](CO)[C@@H](O)[C@@H]1F. The van der Waals surface area contributed by atoms with Crippen LogP contribution in [0.5, 0.6) is 5.75 Å². The van der Waals surface area contributed by atoms with Crippen LogP contribution in [-0.4, -0.2) is 44.9 Å². The maximum atomic E-state index is 13.7. The maximum Gasteiger partial charge on any atom is 0.256 e. The summed E-state index contributed by atoms with van der Waals surface area (Å²) < 4.78 is 19.6. The Labute approximate surface area is 95.5 Å². The first kappa shape index (κ1) is 12.0. The van der Waals surface area contributed by atoms with Gasteiger partial charge in [-0.25, -0.2) is 4.39 Å². The summed E-state index contributed by atoms with van der Waals surface area (Å²) in [4.78, 5) is 11.5. The number of pyridine rings is 1. The molecule has 1 aromatic heterocycles. The second-order valence-corrected chi connectivity index (χ2v) is 3.81. The first-order valence-corrected chi connectivity index (χ1v) is 5.04. The van der Waals surface area contributed by atoms with Gasteiger partial charge in [-0.1, -0.05) is 0 Å². The lowest BCUT2D eigenvalue weighted by molar-refractivity contribution is -0.0486. The fraction of sp³-hybridized carbons (Fsp3) is 0.500. The molecule has 2 heterocycles. The van der Waals surface area contributed by atoms with Crippen molar-refractivity contribution in [1.82, 2.24) is 4.57 Å². The third kappa shape index (κ3) is 2.04. The van der Waals surface area contributed by atoms with Crippen LogP contribution in [0.1, 0.15) is 6.23 Å². The lowest BCUT2D eigenvalue weighted by Gasteiger charge is -2.15. The largest absolute Gasteiger partial charge is 0.508 e. The van der Waals surface area contributed by atoms with Gasteiger partial charge in [-0.2, -0.15) is 0 Å². The van der Waals surface area contributed by atoms with Crippen LogP contribution in [0, 0.1) is 0 Å². The number of aromatic nitrogens is 1. The average Bonchev–Trinajstić information content (AvgIpc) is 2.57. The van der Waals surface area contributed by atoms with Crippen LogP contribution >= 0.6 is 0 Å². The number of halogens is 1. The first-order chi connectivity index (χ1) is 8.04. The van der Waals surface area contributed by atoms with E-state index in [0.29, 0.717) is 0 Å². The van der Waals surface area contributed by atoms with E-state index in [0.717, 1.165) is 10.6 Å². The van der Waals surface area contributed by atoms with E-state index in [4.69, 9.17) is 14.9 Å². The number of rotatable bonds is 2. The van der Waals surface area contributed by atoms with Crippen molar-refractivity contribution in [1.29, 1.82) is 0 Å². The topological polar surface area (TPSA) is 91.9 Å². The zero-order valence-electron chi connectivity index (χ0n) is 8.73. The van der Waals surface area contributed by atoms with Gasteiger partial charge in [0.1, 0.15) is 18.0 Å². The molecular formula is C10H12FNO5. The van der Waals surface area contributed by atoms with Gasteiger partial charge in [0.15, 0.2) is 12.4 Å². The van der Waals surface area contributed by atoms with Crippen LogP contribution < -0.4 is 5.56 Å². The van der Waals surface area contributed by atoms with Gasteiger partial charge in [-0.15, -0.1) is 0 Å². The second kappa shape index (κ2) is 4.44. The number of aliphatic hydroxyl groups excluding tert-OH is 2. The highest BCUT2D eigenvalue weighted by Crippen LogP contribution is 2.30. The monoisotopic (exact) mass is 245 g/mol. The van der Waals surface area contributed by atoms with Crippen molar-refractivity contribution < 1.29 is 24.4 Å². The minimum Gasteiger partial charge on any atom is -0.508 e. The zero-order valence-corrected chi connectivity index (χ0v) is 8.73. The molecule has 1 fully saturated rings. The van der Waals surface area contributed by atoms with Crippen molar-refractivity contribution >= 4 is 0 Å². The van der Waals surface area contributed by atoms with Crippen LogP contribution in [0.15, 0.2) is 23.1 Å². The van der Waals surface area contributed by atoms with Gasteiger partial charge in [-0.3, -0.25) is 9.36 Å². The number of hydrogen-bond donors (Lipinski definition) is 3. The number of aromatic hydroxyl groups is 1. The van der Waals surface area contributed by atoms with Gasteiger partial charge in [0.25, 0.3) is 5.56 Å². The zero-order chi connectivity index (χ0) is 12.6. The molecule has 0 radical (unpaired) electrons. The van der Waals surface area contributed by atoms with Gasteiger partial charge in [-0.05, 0) is 6.07 Å². The molecule has 6 nitrogen and oxygen atoms in total. The summed E-state index contributed by atoms with van der Waals surface area (Å²) in [7, 11) is 0. The van der Waals surface area contributed by atoms with Crippen LogP contribution in [0.2, 0.25) is 0 Å². The van der Waals surface area contributed by atoms with Crippen molar-refractivity contribution in [3.63, 3.8) is 0 Å². The van der Waals surface area contributed by atoms with Crippen molar-refractivity contribution in [2.75, 3.05) is 6.61 Å². The number of hydrogen-bond acceptors (Lipinski definition) is 5. The first-order valence-electron chi connectivity index (χ1n) is 5.04. The number of aliphatic hydroxyl groups is 2. The molecule has 0 amide bonds. The predicted molar refractivity (Wildman–Crippen MR) is 54.3 cm³/mol. The van der Waals surface area contributed by atoms with Crippen molar-refractivity contribution in [2.45, 2.75) is 24.6 Å². The van der Waals surface area contributed by atoms with Crippen LogP contribution in [0.4, 0.5) is 4.39 Å². The lowest BCUT2D eigenvalue weighted by atomic mass is 10.1. The molecule has 3 N–H and O–H groups in total. The van der Waals surface area contributed by atoms with Crippen molar-refractivity contribution in [3.05, 3.63) is 28.7 Å². The number of ether oxygens (including phenoxy) is 1. The summed E-state index contributed by atoms with van der Waals surface area (Å²) in [6.07, 6.45) is -4.48. The molecule has 94 valence electrons. The Morgan fingerprint density at radius 3 is 2.76 bits per heavy atom. The molecule has 1 saturated heterocycles. The second-order valence-electron chi connectivity index (χ2n) is 3.81. The Hall–Kier alpha value is -1.44. The molecule has 17 heavy (non-hydrogen) atoms. The van der Waals surface area contributed by atoms with E-state index in [1.807, 2.05) is 0 Å². The molecule has 1 aliphatic rings. The third-order valence-electron chi connectivity index (χ3n) is 2.68. The van der Waals surface area contributed by atoms with E-state index in [2.05, 4.69) is 0 Å². The quantitative estimate of drug-likeness (QED) is 0.630. The van der Waals surface area contributed by atoms with Gasteiger partial charge in [0.2, 0.25) is 0 Å². The van der Waals surface area contributed by atoms with Crippen LogP contribution in [-0.2, 0) is 4.74 Å². The molecule has 1 aromatic rings. The maximum absolute atomic E-state index is 13.7. The summed E-state index contributed by atoms with van der Waals surface area (Å²) in [5, 5.41) is 27.3. The molecule has 4 atom stereocenters. The van der Waals surface area contributed by atoms with Crippen LogP contribution in [0.3, 0.4) is 0 Å². The van der Waals surface area contributed by atoms with E-state index >= 15 is 0 Å². The van der Waals surface area contributed by atoms with Crippen LogP contribution in [0.25, 0.3) is 0 Å². The molecule has 0 aromatic carbocycles. The van der Waals surface area contributed by atoms with Gasteiger partial charge < -0.3 is 20.1 Å². The minimum absolute atomic E-state index is 0.237. The lowest BCUT2D eigenvalue weighted by Crippen LogP contribution is -2.32. The molecule has 0 aliphatic carbocycles. The molecule has 1 aliphatic heterocycles. The van der Waals surface area contributed by atoms with Crippen molar-refractivity contribution in [2.24, 2.45) is 0 Å². The molecule has 0 unspecified atom stereocenters. The van der Waals surface area contributed by atoms with E-state index in [9.17, 15) is 14.3 Å². The Morgan fingerprint density at radius 2 is 2.24 bits per heavy atom. The predicted octanol–water partition coefficient (Wildman–Crippen LogP) is -0.857. The molecule has 0 spiro atoms. The standard InChI is InChI=1S/C10H12FNO5/c11-8-9(16)6(4-13)17-10(8)12-2-1-5(14)3-7(12)15/h1-3,6,8-10,13-14,16H,4H2/t6-,8+,9-,10-/m1/s1. The highest BCUT2D eigenvalue weighted by molar-refractivity contribution is 5.16. The fourth-order valence-electron chi connectivity index (χ4n) is 1.77. The Balaban J connectivity index is 2.32. The highest BCUT2D eigenvalue weighted by Gasteiger charge is 2.45. The van der Waals surface area contributed by atoms with Gasteiger partial charge in [0.05, 0.1) is 6.61 Å². The van der Waals surface area contributed by atoms with Gasteiger partial charge in [0, 0.05) is 12.3 Å².